The number of H-pyrrole nitrogens is 1. The first-order valence-corrected chi connectivity index (χ1v) is 10.0. The van der Waals surface area contributed by atoms with Gasteiger partial charge >= 0.3 is 0 Å². The summed E-state index contributed by atoms with van der Waals surface area (Å²) in [5.41, 5.74) is 3.82. The summed E-state index contributed by atoms with van der Waals surface area (Å²) in [6, 6.07) is 7.97. The molecule has 0 spiro atoms. The highest BCUT2D eigenvalue weighted by atomic mass is 16.5. The molecule has 1 atom stereocenters. The number of carbonyl (C=O) groups excluding carboxylic acids is 2. The second-order valence-electron chi connectivity index (χ2n) is 7.75. The molecule has 152 valence electrons. The fourth-order valence-corrected chi connectivity index (χ4v) is 4.00. The van der Waals surface area contributed by atoms with E-state index in [0.29, 0.717) is 32.4 Å². The van der Waals surface area contributed by atoms with Crippen molar-refractivity contribution >= 4 is 22.7 Å². The van der Waals surface area contributed by atoms with Crippen molar-refractivity contribution in [1.29, 1.82) is 0 Å². The molecular formula is C22H26N4O3. The van der Waals surface area contributed by atoms with Crippen LogP contribution in [-0.2, 0) is 22.6 Å². The Labute approximate surface area is 169 Å². The number of hydrogen-bond donors (Lipinski definition) is 2. The van der Waals surface area contributed by atoms with Gasteiger partial charge < -0.3 is 19.7 Å². The number of aryl methyl sites for hydroxylation is 2. The number of amides is 2. The minimum atomic E-state index is -0.00799. The normalized spacial score (nSPS) is 17.5. The summed E-state index contributed by atoms with van der Waals surface area (Å²) >= 11 is 0. The molecule has 1 unspecified atom stereocenters. The Kier molecular flexibility index (Phi) is 5.38. The molecule has 3 aromatic rings. The van der Waals surface area contributed by atoms with E-state index in [2.05, 4.69) is 15.5 Å². The van der Waals surface area contributed by atoms with Crippen LogP contribution < -0.4 is 5.32 Å². The lowest BCUT2D eigenvalue weighted by atomic mass is 10.1. The van der Waals surface area contributed by atoms with E-state index in [1.807, 2.05) is 49.2 Å². The summed E-state index contributed by atoms with van der Waals surface area (Å²) in [7, 11) is 0. The molecule has 1 fully saturated rings. The van der Waals surface area contributed by atoms with Crippen LogP contribution in [0.4, 0.5) is 0 Å². The maximum absolute atomic E-state index is 12.6. The Hall–Kier alpha value is -3.09. The number of aromatic nitrogens is 2. The third kappa shape index (κ3) is 4.18. The molecule has 2 aromatic heterocycles. The molecule has 1 aliphatic rings. The third-order valence-corrected chi connectivity index (χ3v) is 5.73. The van der Waals surface area contributed by atoms with Gasteiger partial charge in [-0.2, -0.15) is 0 Å². The zero-order valence-corrected chi connectivity index (χ0v) is 16.8. The molecule has 1 saturated heterocycles. The van der Waals surface area contributed by atoms with Gasteiger partial charge in [0.1, 0.15) is 5.76 Å². The van der Waals surface area contributed by atoms with Gasteiger partial charge in [0.15, 0.2) is 0 Å². The van der Waals surface area contributed by atoms with Gasteiger partial charge in [0.25, 0.3) is 0 Å². The van der Waals surface area contributed by atoms with Crippen LogP contribution in [0.5, 0.6) is 0 Å². The highest BCUT2D eigenvalue weighted by molar-refractivity contribution is 5.89. The number of carbonyl (C=O) groups is 2. The Morgan fingerprint density at radius 1 is 1.31 bits per heavy atom. The minimum Gasteiger partial charge on any atom is -0.361 e. The molecule has 1 aliphatic heterocycles. The number of para-hydroxylation sites is 1. The van der Waals surface area contributed by atoms with Gasteiger partial charge in [-0.1, -0.05) is 23.4 Å². The summed E-state index contributed by atoms with van der Waals surface area (Å²) in [6.07, 6.45) is 4.07. The zero-order chi connectivity index (χ0) is 20.4. The van der Waals surface area contributed by atoms with Crippen molar-refractivity contribution < 1.29 is 14.1 Å². The van der Waals surface area contributed by atoms with Gasteiger partial charge in [0, 0.05) is 41.7 Å². The number of rotatable bonds is 5. The van der Waals surface area contributed by atoms with Crippen molar-refractivity contribution in [2.75, 3.05) is 6.54 Å². The maximum Gasteiger partial charge on any atom is 0.224 e. The monoisotopic (exact) mass is 394 g/mol. The summed E-state index contributed by atoms with van der Waals surface area (Å²) in [4.78, 5) is 30.2. The highest BCUT2D eigenvalue weighted by Crippen LogP contribution is 2.21. The molecular weight excluding hydrogens is 368 g/mol. The molecule has 3 heterocycles. The predicted molar refractivity (Wildman–Crippen MR) is 109 cm³/mol. The number of nitrogens with zero attached hydrogens (tertiary/aromatic N) is 2. The van der Waals surface area contributed by atoms with Crippen LogP contribution in [-0.4, -0.2) is 39.4 Å². The van der Waals surface area contributed by atoms with Gasteiger partial charge in [-0.05, 0) is 38.3 Å². The second kappa shape index (κ2) is 8.11. The zero-order valence-electron chi connectivity index (χ0n) is 16.8. The van der Waals surface area contributed by atoms with Gasteiger partial charge in [-0.25, -0.2) is 0 Å². The number of likely N-dealkylation sites (tertiary alicyclic amines) is 1. The van der Waals surface area contributed by atoms with Crippen LogP contribution in [0.2, 0.25) is 0 Å². The minimum absolute atomic E-state index is 0.00586. The summed E-state index contributed by atoms with van der Waals surface area (Å²) in [6.45, 7) is 4.88. The van der Waals surface area contributed by atoms with Crippen LogP contribution in [0, 0.1) is 13.8 Å². The van der Waals surface area contributed by atoms with Crippen molar-refractivity contribution in [3.8, 4) is 0 Å². The Morgan fingerprint density at radius 3 is 2.93 bits per heavy atom. The molecule has 2 amide bonds. The molecule has 0 radical (unpaired) electrons. The summed E-state index contributed by atoms with van der Waals surface area (Å²) < 4.78 is 5.21. The third-order valence-electron chi connectivity index (χ3n) is 5.73. The molecule has 2 N–H and O–H groups in total. The van der Waals surface area contributed by atoms with E-state index < -0.39 is 0 Å². The smallest absolute Gasteiger partial charge is 0.224 e. The number of fused-ring (bicyclic) bond motifs is 1. The molecule has 0 aliphatic carbocycles. The molecule has 7 heteroatoms. The Balaban J connectivity index is 1.35. The standard InChI is InChI=1S/C22H26N4O3/c1-14-19(15(2)29-25-14)13-26-10-9-17(7-8-22(26)28)24-21(27)11-16-12-23-20-6-4-3-5-18(16)20/h3-6,12,17,23H,7-11,13H2,1-2H3,(H,24,27). The van der Waals surface area contributed by atoms with E-state index in [1.165, 1.54) is 0 Å². The van der Waals surface area contributed by atoms with Gasteiger partial charge in [0.05, 0.1) is 18.7 Å². The first-order chi connectivity index (χ1) is 14.0. The SMILES string of the molecule is Cc1noc(C)c1CN1CCC(NC(=O)Cc2c[nH]c3ccccc23)CCC1=O. The van der Waals surface area contributed by atoms with E-state index in [4.69, 9.17) is 4.52 Å². The van der Waals surface area contributed by atoms with Gasteiger partial charge in [-0.3, -0.25) is 9.59 Å². The van der Waals surface area contributed by atoms with E-state index >= 15 is 0 Å². The van der Waals surface area contributed by atoms with Gasteiger partial charge in [-0.15, -0.1) is 0 Å². The largest absolute Gasteiger partial charge is 0.361 e. The van der Waals surface area contributed by atoms with E-state index in [-0.39, 0.29) is 17.9 Å². The molecule has 0 bridgehead atoms. The van der Waals surface area contributed by atoms with Crippen LogP contribution in [0.1, 0.15) is 41.8 Å². The lowest BCUT2D eigenvalue weighted by Gasteiger charge is -2.21. The number of nitrogens with one attached hydrogen (secondary N) is 2. The van der Waals surface area contributed by atoms with Crippen molar-refractivity contribution in [3.63, 3.8) is 0 Å². The first-order valence-electron chi connectivity index (χ1n) is 10.0. The Morgan fingerprint density at radius 2 is 2.14 bits per heavy atom. The van der Waals surface area contributed by atoms with Gasteiger partial charge in [0.2, 0.25) is 11.8 Å². The van der Waals surface area contributed by atoms with Crippen LogP contribution in [0.3, 0.4) is 0 Å². The lowest BCUT2D eigenvalue weighted by molar-refractivity contribution is -0.131. The van der Waals surface area contributed by atoms with Crippen molar-refractivity contribution in [2.45, 2.75) is 52.1 Å². The summed E-state index contributed by atoms with van der Waals surface area (Å²) in [5.74, 6) is 0.855. The topological polar surface area (TPSA) is 91.2 Å². The maximum atomic E-state index is 12.6. The van der Waals surface area contributed by atoms with Crippen molar-refractivity contribution in [1.82, 2.24) is 20.4 Å². The van der Waals surface area contributed by atoms with Crippen molar-refractivity contribution in [3.05, 3.63) is 53.0 Å². The predicted octanol–water partition coefficient (Wildman–Crippen LogP) is 3.01. The molecule has 1 aromatic carbocycles. The fraction of sp³-hybridized carbons (Fsp3) is 0.409. The van der Waals surface area contributed by atoms with E-state index in [1.54, 1.807) is 0 Å². The number of aromatic amines is 1. The molecule has 7 nitrogen and oxygen atoms in total. The van der Waals surface area contributed by atoms with Crippen LogP contribution in [0.25, 0.3) is 10.9 Å². The average Bonchev–Trinajstić information content (AvgIpc) is 3.20. The van der Waals surface area contributed by atoms with E-state index in [0.717, 1.165) is 39.9 Å². The van der Waals surface area contributed by atoms with E-state index in [9.17, 15) is 9.59 Å². The Bertz CT molecular complexity index is 1020. The van der Waals surface area contributed by atoms with Crippen molar-refractivity contribution in [2.24, 2.45) is 0 Å². The quantitative estimate of drug-likeness (QED) is 0.696. The first kappa shape index (κ1) is 19.2. The van der Waals surface area contributed by atoms with Crippen LogP contribution in [0.15, 0.2) is 35.0 Å². The number of benzene rings is 1. The average molecular weight is 394 g/mol. The lowest BCUT2D eigenvalue weighted by Crippen LogP contribution is -2.36. The highest BCUT2D eigenvalue weighted by Gasteiger charge is 2.25. The molecule has 4 rings (SSSR count). The van der Waals surface area contributed by atoms with Crippen LogP contribution >= 0.6 is 0 Å². The summed E-state index contributed by atoms with van der Waals surface area (Å²) in [5, 5.41) is 8.16. The fourth-order valence-electron chi connectivity index (χ4n) is 4.00. The molecule has 0 saturated carbocycles. The molecule has 29 heavy (non-hydrogen) atoms. The second-order valence-corrected chi connectivity index (χ2v) is 7.75. The number of hydrogen-bond acceptors (Lipinski definition) is 4.